The lowest BCUT2D eigenvalue weighted by atomic mass is 10.1. The first kappa shape index (κ1) is 16.5. The molecule has 1 atom stereocenters. The van der Waals surface area contributed by atoms with Crippen LogP contribution in [0.5, 0.6) is 0 Å². The number of aliphatic carboxylic acids is 1. The van der Waals surface area contributed by atoms with Gasteiger partial charge in [0, 0.05) is 24.3 Å². The second-order valence-corrected chi connectivity index (χ2v) is 5.31. The zero-order valence-electron chi connectivity index (χ0n) is 12.9. The predicted octanol–water partition coefficient (Wildman–Crippen LogP) is 2.98. The number of benzene rings is 2. The molecule has 0 aliphatic heterocycles. The number of nitrogens with one attached hydrogen (secondary N) is 1. The summed E-state index contributed by atoms with van der Waals surface area (Å²) in [5, 5.41) is 12.0. The van der Waals surface area contributed by atoms with Crippen LogP contribution in [0.3, 0.4) is 0 Å². The van der Waals surface area contributed by atoms with E-state index in [-0.39, 0.29) is 5.78 Å². The number of rotatable bonds is 7. The maximum Gasteiger partial charge on any atom is 0.326 e. The number of carboxylic acid groups (broad SMARTS) is 1. The van der Waals surface area contributed by atoms with Crippen LogP contribution < -0.4 is 5.32 Å². The number of carboxylic acids is 1. The molecule has 2 aromatic rings. The Morgan fingerprint density at radius 2 is 1.74 bits per heavy atom. The van der Waals surface area contributed by atoms with E-state index in [0.717, 1.165) is 11.1 Å². The van der Waals surface area contributed by atoms with E-state index >= 15 is 0 Å². The largest absolute Gasteiger partial charge is 0.480 e. The van der Waals surface area contributed by atoms with Gasteiger partial charge in [-0.25, -0.2) is 4.79 Å². The highest BCUT2D eigenvalue weighted by molar-refractivity contribution is 6.04. The molecule has 1 unspecified atom stereocenters. The van der Waals surface area contributed by atoms with Gasteiger partial charge in [0.2, 0.25) is 0 Å². The van der Waals surface area contributed by atoms with Gasteiger partial charge in [-0.05, 0) is 12.5 Å². The van der Waals surface area contributed by atoms with Crippen molar-refractivity contribution < 1.29 is 14.7 Å². The van der Waals surface area contributed by atoms with E-state index in [1.807, 2.05) is 49.4 Å². The number of ketones is 1. The van der Waals surface area contributed by atoms with Crippen molar-refractivity contribution in [3.05, 3.63) is 83.6 Å². The van der Waals surface area contributed by atoms with Crippen LogP contribution in [0.15, 0.2) is 66.9 Å². The molecular formula is C19H19NO3. The van der Waals surface area contributed by atoms with Gasteiger partial charge in [0.15, 0.2) is 5.78 Å². The maximum absolute atomic E-state index is 12.0. The molecule has 0 radical (unpaired) electrons. The van der Waals surface area contributed by atoms with E-state index in [1.54, 1.807) is 12.1 Å². The van der Waals surface area contributed by atoms with Crippen molar-refractivity contribution in [1.82, 2.24) is 5.32 Å². The van der Waals surface area contributed by atoms with Gasteiger partial charge in [-0.3, -0.25) is 4.79 Å². The zero-order chi connectivity index (χ0) is 16.7. The first-order chi connectivity index (χ1) is 11.1. The predicted molar refractivity (Wildman–Crippen MR) is 89.4 cm³/mol. The Morgan fingerprint density at radius 1 is 1.09 bits per heavy atom. The summed E-state index contributed by atoms with van der Waals surface area (Å²) in [7, 11) is 0. The molecule has 118 valence electrons. The summed E-state index contributed by atoms with van der Waals surface area (Å²) in [6.07, 6.45) is 3.11. The number of aryl methyl sites for hydroxylation is 1. The van der Waals surface area contributed by atoms with E-state index in [4.69, 9.17) is 0 Å². The fourth-order valence-corrected chi connectivity index (χ4v) is 2.12. The molecule has 0 spiro atoms. The summed E-state index contributed by atoms with van der Waals surface area (Å²) in [5.41, 5.74) is 2.58. The number of carbonyl (C=O) groups is 2. The SMILES string of the molecule is Cc1ccc(C(=O)/C=C\NC(Cc2ccccc2)C(=O)O)cc1. The van der Waals surface area contributed by atoms with Crippen LogP contribution in [0.2, 0.25) is 0 Å². The highest BCUT2D eigenvalue weighted by Gasteiger charge is 2.15. The molecule has 2 N–H and O–H groups in total. The van der Waals surface area contributed by atoms with Gasteiger partial charge in [0.1, 0.15) is 6.04 Å². The van der Waals surface area contributed by atoms with Gasteiger partial charge in [-0.15, -0.1) is 0 Å². The highest BCUT2D eigenvalue weighted by Crippen LogP contribution is 2.06. The van der Waals surface area contributed by atoms with E-state index < -0.39 is 12.0 Å². The summed E-state index contributed by atoms with van der Waals surface area (Å²) in [6.45, 7) is 1.95. The van der Waals surface area contributed by atoms with E-state index in [9.17, 15) is 14.7 Å². The topological polar surface area (TPSA) is 66.4 Å². The molecule has 0 aromatic heterocycles. The van der Waals surface area contributed by atoms with Crippen molar-refractivity contribution in [3.63, 3.8) is 0 Å². The van der Waals surface area contributed by atoms with Crippen molar-refractivity contribution in [2.45, 2.75) is 19.4 Å². The van der Waals surface area contributed by atoms with Crippen LogP contribution in [0.1, 0.15) is 21.5 Å². The average Bonchev–Trinajstić information content (AvgIpc) is 2.55. The third kappa shape index (κ3) is 5.11. The van der Waals surface area contributed by atoms with Gasteiger partial charge in [-0.1, -0.05) is 60.2 Å². The molecule has 0 aliphatic carbocycles. The van der Waals surface area contributed by atoms with Gasteiger partial charge in [-0.2, -0.15) is 0 Å². The standard InChI is InChI=1S/C19H19NO3/c1-14-7-9-16(10-8-14)18(21)11-12-20-17(19(22)23)13-15-5-3-2-4-6-15/h2-12,17,20H,13H2,1H3,(H,22,23)/b12-11-. The smallest absolute Gasteiger partial charge is 0.326 e. The number of carbonyl (C=O) groups excluding carboxylic acids is 1. The molecule has 2 rings (SSSR count). The second-order valence-electron chi connectivity index (χ2n) is 5.31. The van der Waals surface area contributed by atoms with Crippen LogP contribution in [-0.4, -0.2) is 22.9 Å². The quantitative estimate of drug-likeness (QED) is 0.609. The molecule has 0 saturated heterocycles. The molecule has 0 amide bonds. The van der Waals surface area contributed by atoms with Crippen molar-refractivity contribution in [2.24, 2.45) is 0 Å². The van der Waals surface area contributed by atoms with Crippen molar-refractivity contribution in [1.29, 1.82) is 0 Å². The minimum absolute atomic E-state index is 0.165. The Hall–Kier alpha value is -2.88. The second kappa shape index (κ2) is 7.94. The van der Waals surface area contributed by atoms with E-state index in [2.05, 4.69) is 5.32 Å². The molecule has 0 aliphatic rings. The monoisotopic (exact) mass is 309 g/mol. The molecule has 2 aromatic carbocycles. The first-order valence-electron chi connectivity index (χ1n) is 7.36. The van der Waals surface area contributed by atoms with Gasteiger partial charge in [0.25, 0.3) is 0 Å². The molecule has 0 saturated carbocycles. The molecular weight excluding hydrogens is 290 g/mol. The normalized spacial score (nSPS) is 12.0. The van der Waals surface area contributed by atoms with E-state index in [1.165, 1.54) is 12.3 Å². The summed E-state index contributed by atoms with van der Waals surface area (Å²) in [6, 6.07) is 15.8. The first-order valence-corrected chi connectivity index (χ1v) is 7.36. The average molecular weight is 309 g/mol. The zero-order valence-corrected chi connectivity index (χ0v) is 12.9. The fourth-order valence-electron chi connectivity index (χ4n) is 2.12. The minimum atomic E-state index is -0.957. The lowest BCUT2D eigenvalue weighted by Crippen LogP contribution is -2.35. The molecule has 0 bridgehead atoms. The van der Waals surface area contributed by atoms with E-state index in [0.29, 0.717) is 12.0 Å². The van der Waals surface area contributed by atoms with Crippen molar-refractivity contribution in [2.75, 3.05) is 0 Å². The van der Waals surface area contributed by atoms with Crippen LogP contribution >= 0.6 is 0 Å². The number of hydrogen-bond acceptors (Lipinski definition) is 3. The lowest BCUT2D eigenvalue weighted by Gasteiger charge is -2.12. The fraction of sp³-hybridized carbons (Fsp3) is 0.158. The molecule has 0 heterocycles. The Labute approximate surface area is 135 Å². The summed E-state index contributed by atoms with van der Waals surface area (Å²) in [5.74, 6) is -1.12. The molecule has 23 heavy (non-hydrogen) atoms. The Kier molecular flexibility index (Phi) is 5.69. The maximum atomic E-state index is 12.0. The third-order valence-corrected chi connectivity index (χ3v) is 3.45. The molecule has 0 fully saturated rings. The Bertz CT molecular complexity index is 690. The van der Waals surface area contributed by atoms with Crippen LogP contribution in [-0.2, 0) is 11.2 Å². The number of hydrogen-bond donors (Lipinski definition) is 2. The summed E-state index contributed by atoms with van der Waals surface area (Å²) in [4.78, 5) is 23.3. The highest BCUT2D eigenvalue weighted by atomic mass is 16.4. The van der Waals surface area contributed by atoms with Gasteiger partial charge in [0.05, 0.1) is 0 Å². The third-order valence-electron chi connectivity index (χ3n) is 3.45. The molecule has 4 heteroatoms. The number of allylic oxidation sites excluding steroid dienone is 1. The Morgan fingerprint density at radius 3 is 2.35 bits per heavy atom. The lowest BCUT2D eigenvalue weighted by molar-refractivity contribution is -0.139. The minimum Gasteiger partial charge on any atom is -0.480 e. The van der Waals surface area contributed by atoms with Crippen molar-refractivity contribution >= 4 is 11.8 Å². The van der Waals surface area contributed by atoms with Crippen LogP contribution in [0.4, 0.5) is 0 Å². The van der Waals surface area contributed by atoms with Gasteiger partial charge >= 0.3 is 5.97 Å². The molecule has 4 nitrogen and oxygen atoms in total. The van der Waals surface area contributed by atoms with Crippen LogP contribution in [0, 0.1) is 6.92 Å². The summed E-state index contributed by atoms with van der Waals surface area (Å²) < 4.78 is 0. The van der Waals surface area contributed by atoms with Crippen molar-refractivity contribution in [3.8, 4) is 0 Å². The van der Waals surface area contributed by atoms with Crippen LogP contribution in [0.25, 0.3) is 0 Å². The Balaban J connectivity index is 1.96. The summed E-state index contributed by atoms with van der Waals surface area (Å²) >= 11 is 0. The van der Waals surface area contributed by atoms with Gasteiger partial charge < -0.3 is 10.4 Å².